The summed E-state index contributed by atoms with van der Waals surface area (Å²) in [6.45, 7) is 0. The van der Waals surface area contributed by atoms with Gasteiger partial charge in [0.05, 0.1) is 11.6 Å². The molecule has 18 heavy (non-hydrogen) atoms. The number of ether oxygens (including phenoxy) is 1. The van der Waals surface area contributed by atoms with Crippen LogP contribution in [0.3, 0.4) is 0 Å². The lowest BCUT2D eigenvalue weighted by Gasteiger charge is -2.07. The van der Waals surface area contributed by atoms with Crippen molar-refractivity contribution in [2.24, 2.45) is 5.73 Å². The molecule has 2 N–H and O–H groups in total. The fourth-order valence-corrected chi connectivity index (χ4v) is 2.07. The van der Waals surface area contributed by atoms with Crippen molar-refractivity contribution in [2.75, 3.05) is 7.11 Å². The van der Waals surface area contributed by atoms with Crippen LogP contribution in [0, 0.1) is 0 Å². The molecule has 0 aliphatic carbocycles. The summed E-state index contributed by atoms with van der Waals surface area (Å²) in [6, 6.07) is 13.0. The van der Waals surface area contributed by atoms with Gasteiger partial charge in [0.25, 0.3) is 0 Å². The molecule has 2 aromatic carbocycles. The number of benzene rings is 2. The maximum Gasteiger partial charge on any atom is 0.248 e. The van der Waals surface area contributed by atoms with Gasteiger partial charge in [-0.2, -0.15) is 0 Å². The van der Waals surface area contributed by atoms with E-state index in [0.717, 1.165) is 21.3 Å². The summed E-state index contributed by atoms with van der Waals surface area (Å²) in [4.78, 5) is 11.0. The molecule has 0 bridgehead atoms. The zero-order chi connectivity index (χ0) is 13.1. The molecule has 4 heteroatoms. The van der Waals surface area contributed by atoms with Gasteiger partial charge in [-0.15, -0.1) is 0 Å². The molecule has 3 nitrogen and oxygen atoms in total. The summed E-state index contributed by atoms with van der Waals surface area (Å²) in [6.07, 6.45) is 0. The fourth-order valence-electron chi connectivity index (χ4n) is 1.67. The van der Waals surface area contributed by atoms with E-state index < -0.39 is 5.91 Å². The second-order valence-corrected chi connectivity index (χ2v) is 4.65. The van der Waals surface area contributed by atoms with Crippen LogP contribution in [-0.4, -0.2) is 13.0 Å². The number of halogens is 1. The Morgan fingerprint density at radius 1 is 1.11 bits per heavy atom. The van der Waals surface area contributed by atoms with Crippen LogP contribution in [0.25, 0.3) is 11.1 Å². The third kappa shape index (κ3) is 2.54. The molecule has 0 atom stereocenters. The van der Waals surface area contributed by atoms with Crippen molar-refractivity contribution in [3.63, 3.8) is 0 Å². The number of hydrogen-bond donors (Lipinski definition) is 1. The largest absolute Gasteiger partial charge is 0.496 e. The van der Waals surface area contributed by atoms with Gasteiger partial charge in [0.15, 0.2) is 0 Å². The van der Waals surface area contributed by atoms with Crippen molar-refractivity contribution in [2.45, 2.75) is 0 Å². The molecule has 0 radical (unpaired) electrons. The Kier molecular flexibility index (Phi) is 3.67. The molecule has 0 saturated heterocycles. The predicted molar refractivity (Wildman–Crippen MR) is 74.6 cm³/mol. The summed E-state index contributed by atoms with van der Waals surface area (Å²) >= 11 is 3.41. The molecule has 0 spiro atoms. The zero-order valence-electron chi connectivity index (χ0n) is 9.81. The van der Waals surface area contributed by atoms with E-state index in [1.165, 1.54) is 0 Å². The van der Waals surface area contributed by atoms with E-state index in [4.69, 9.17) is 10.5 Å². The molecular weight excluding hydrogens is 294 g/mol. The first-order chi connectivity index (χ1) is 8.61. The standard InChI is InChI=1S/C14H12BrNO2/c1-18-13-8-11(6-7-12(13)15)9-2-4-10(5-3-9)14(16)17/h2-8H,1H3,(H2,16,17). The lowest BCUT2D eigenvalue weighted by molar-refractivity contribution is 0.100. The normalized spacial score (nSPS) is 10.1. The SMILES string of the molecule is COc1cc(-c2ccc(C(N)=O)cc2)ccc1Br. The quantitative estimate of drug-likeness (QED) is 0.946. The van der Waals surface area contributed by atoms with Gasteiger partial charge in [0, 0.05) is 5.56 Å². The first-order valence-electron chi connectivity index (χ1n) is 5.35. The molecule has 0 unspecified atom stereocenters. The highest BCUT2D eigenvalue weighted by molar-refractivity contribution is 9.10. The zero-order valence-corrected chi connectivity index (χ0v) is 11.4. The second kappa shape index (κ2) is 5.23. The van der Waals surface area contributed by atoms with Gasteiger partial charge in [0.2, 0.25) is 5.91 Å². The highest BCUT2D eigenvalue weighted by Gasteiger charge is 2.05. The van der Waals surface area contributed by atoms with Crippen LogP contribution in [0.1, 0.15) is 10.4 Å². The lowest BCUT2D eigenvalue weighted by atomic mass is 10.0. The van der Waals surface area contributed by atoms with Crippen molar-refractivity contribution < 1.29 is 9.53 Å². The summed E-state index contributed by atoms with van der Waals surface area (Å²) in [5.74, 6) is 0.349. The van der Waals surface area contributed by atoms with Gasteiger partial charge in [-0.1, -0.05) is 18.2 Å². The van der Waals surface area contributed by atoms with E-state index in [2.05, 4.69) is 15.9 Å². The number of hydrogen-bond acceptors (Lipinski definition) is 2. The molecular formula is C14H12BrNO2. The predicted octanol–water partition coefficient (Wildman–Crippen LogP) is 3.22. The van der Waals surface area contributed by atoms with Gasteiger partial charge in [-0.25, -0.2) is 0 Å². The van der Waals surface area contributed by atoms with Crippen LogP contribution in [0.4, 0.5) is 0 Å². The summed E-state index contributed by atoms with van der Waals surface area (Å²) in [5, 5.41) is 0. The van der Waals surface area contributed by atoms with Crippen molar-refractivity contribution in [1.29, 1.82) is 0 Å². The Balaban J connectivity index is 2.39. The van der Waals surface area contributed by atoms with Crippen LogP contribution in [0.15, 0.2) is 46.9 Å². The summed E-state index contributed by atoms with van der Waals surface area (Å²) in [5.41, 5.74) is 7.73. The third-order valence-corrected chi connectivity index (χ3v) is 3.31. The Bertz CT molecular complexity index is 579. The summed E-state index contributed by atoms with van der Waals surface area (Å²) in [7, 11) is 1.63. The molecule has 0 heterocycles. The van der Waals surface area contributed by atoms with Crippen molar-refractivity contribution in [3.8, 4) is 16.9 Å². The maximum atomic E-state index is 11.0. The smallest absolute Gasteiger partial charge is 0.248 e. The minimum Gasteiger partial charge on any atom is -0.496 e. The highest BCUT2D eigenvalue weighted by atomic mass is 79.9. The number of amides is 1. The van der Waals surface area contributed by atoms with Crippen LogP contribution in [-0.2, 0) is 0 Å². The minimum absolute atomic E-state index is 0.421. The molecule has 92 valence electrons. The minimum atomic E-state index is -0.421. The van der Waals surface area contributed by atoms with Crippen molar-refractivity contribution >= 4 is 21.8 Å². The summed E-state index contributed by atoms with van der Waals surface area (Å²) < 4.78 is 6.15. The van der Waals surface area contributed by atoms with Gasteiger partial charge in [-0.05, 0) is 51.3 Å². The number of carbonyl (C=O) groups is 1. The lowest BCUT2D eigenvalue weighted by Crippen LogP contribution is -2.10. The fraction of sp³-hybridized carbons (Fsp3) is 0.0714. The van der Waals surface area contributed by atoms with E-state index in [1.54, 1.807) is 19.2 Å². The number of carbonyl (C=O) groups excluding carboxylic acids is 1. The number of rotatable bonds is 3. The topological polar surface area (TPSA) is 52.3 Å². The molecule has 0 aromatic heterocycles. The number of methoxy groups -OCH3 is 1. The van der Waals surface area contributed by atoms with Crippen LogP contribution < -0.4 is 10.5 Å². The van der Waals surface area contributed by atoms with Crippen LogP contribution >= 0.6 is 15.9 Å². The van der Waals surface area contributed by atoms with Crippen molar-refractivity contribution in [3.05, 3.63) is 52.5 Å². The molecule has 2 rings (SSSR count). The molecule has 0 aliphatic rings. The Morgan fingerprint density at radius 3 is 2.28 bits per heavy atom. The third-order valence-electron chi connectivity index (χ3n) is 2.65. The van der Waals surface area contributed by atoms with Crippen LogP contribution in [0.2, 0.25) is 0 Å². The van der Waals surface area contributed by atoms with Crippen LogP contribution in [0.5, 0.6) is 5.75 Å². The first kappa shape index (κ1) is 12.6. The molecule has 0 fully saturated rings. The van der Waals surface area contributed by atoms with E-state index in [0.29, 0.717) is 5.56 Å². The van der Waals surface area contributed by atoms with Gasteiger partial charge >= 0.3 is 0 Å². The average Bonchev–Trinajstić information content (AvgIpc) is 2.39. The first-order valence-corrected chi connectivity index (χ1v) is 6.15. The molecule has 1 amide bonds. The van der Waals surface area contributed by atoms with E-state index >= 15 is 0 Å². The highest BCUT2D eigenvalue weighted by Crippen LogP contribution is 2.30. The van der Waals surface area contributed by atoms with Gasteiger partial charge < -0.3 is 10.5 Å². The second-order valence-electron chi connectivity index (χ2n) is 3.79. The maximum absolute atomic E-state index is 11.0. The molecule has 2 aromatic rings. The molecule has 0 saturated carbocycles. The molecule has 0 aliphatic heterocycles. The Morgan fingerprint density at radius 2 is 1.72 bits per heavy atom. The monoisotopic (exact) mass is 305 g/mol. The Labute approximate surface area is 114 Å². The average molecular weight is 306 g/mol. The van der Waals surface area contributed by atoms with E-state index in [-0.39, 0.29) is 0 Å². The van der Waals surface area contributed by atoms with E-state index in [9.17, 15) is 4.79 Å². The number of nitrogens with two attached hydrogens (primary N) is 1. The van der Waals surface area contributed by atoms with Gasteiger partial charge in [-0.3, -0.25) is 4.79 Å². The Hall–Kier alpha value is -1.81. The number of primary amides is 1. The van der Waals surface area contributed by atoms with Gasteiger partial charge in [0.1, 0.15) is 5.75 Å². The van der Waals surface area contributed by atoms with Crippen molar-refractivity contribution in [1.82, 2.24) is 0 Å². The van der Waals surface area contributed by atoms with E-state index in [1.807, 2.05) is 30.3 Å².